The first-order valence-electron chi connectivity index (χ1n) is 5.08. The first-order valence-corrected chi connectivity index (χ1v) is 5.46. The van der Waals surface area contributed by atoms with Gasteiger partial charge in [-0.2, -0.15) is 0 Å². The van der Waals surface area contributed by atoms with Crippen LogP contribution in [0.2, 0.25) is 5.02 Å². The summed E-state index contributed by atoms with van der Waals surface area (Å²) in [6.07, 6.45) is 1.16. The van der Waals surface area contributed by atoms with E-state index in [1.54, 1.807) is 19.2 Å². The highest BCUT2D eigenvalue weighted by atomic mass is 35.5. The molecule has 0 radical (unpaired) electrons. The van der Waals surface area contributed by atoms with Gasteiger partial charge in [0, 0.05) is 26.6 Å². The summed E-state index contributed by atoms with van der Waals surface area (Å²) in [6.45, 7) is 0.545. The van der Waals surface area contributed by atoms with Crippen molar-refractivity contribution in [2.45, 2.75) is 19.3 Å². The van der Waals surface area contributed by atoms with Gasteiger partial charge in [0.15, 0.2) is 0 Å². The Hall–Kier alpha value is -0.930. The number of carbonyl (C=O) groups excluding carboxylic acids is 1. The highest BCUT2D eigenvalue weighted by Gasteiger charge is 2.10. The molecule has 88 valence electrons. The number of hydrogen-bond acceptors (Lipinski definition) is 2. The molecule has 0 bridgehead atoms. The van der Waals surface area contributed by atoms with E-state index in [9.17, 15) is 9.18 Å². The van der Waals surface area contributed by atoms with Crippen LogP contribution >= 0.6 is 11.6 Å². The van der Waals surface area contributed by atoms with Crippen LogP contribution in [0.25, 0.3) is 0 Å². The van der Waals surface area contributed by atoms with E-state index in [0.29, 0.717) is 25.0 Å². The lowest BCUT2D eigenvalue weighted by Gasteiger charge is -2.04. The smallest absolute Gasteiger partial charge is 0.145 e. The average Bonchev–Trinajstić information content (AvgIpc) is 2.25. The highest BCUT2D eigenvalue weighted by Crippen LogP contribution is 2.18. The van der Waals surface area contributed by atoms with Crippen molar-refractivity contribution in [3.8, 4) is 0 Å². The van der Waals surface area contributed by atoms with Crippen LogP contribution in [-0.4, -0.2) is 19.5 Å². The van der Waals surface area contributed by atoms with E-state index in [2.05, 4.69) is 0 Å². The topological polar surface area (TPSA) is 26.3 Å². The van der Waals surface area contributed by atoms with E-state index >= 15 is 0 Å². The molecule has 0 spiro atoms. The Morgan fingerprint density at radius 3 is 2.94 bits per heavy atom. The second-order valence-corrected chi connectivity index (χ2v) is 3.93. The maximum Gasteiger partial charge on any atom is 0.145 e. The number of Topliss-reactive ketones (excluding diaryl/α,β-unsaturated/α-hetero) is 1. The molecule has 0 aliphatic heterocycles. The standard InChI is InChI=1S/C12H14ClFO2/c1-16-7-3-5-10(15)8-9-4-2-6-11(13)12(9)14/h2,4,6H,3,5,7-8H2,1H3. The van der Waals surface area contributed by atoms with Gasteiger partial charge in [-0.05, 0) is 18.1 Å². The van der Waals surface area contributed by atoms with E-state index < -0.39 is 5.82 Å². The Morgan fingerprint density at radius 2 is 2.25 bits per heavy atom. The minimum atomic E-state index is -0.496. The third-order valence-corrected chi connectivity index (χ3v) is 2.52. The Bertz CT molecular complexity index is 366. The molecular weight excluding hydrogens is 231 g/mol. The number of halogens is 2. The maximum absolute atomic E-state index is 13.4. The maximum atomic E-state index is 13.4. The number of rotatable bonds is 6. The fourth-order valence-electron chi connectivity index (χ4n) is 1.40. The number of ketones is 1. The summed E-state index contributed by atoms with van der Waals surface area (Å²) in [6, 6.07) is 4.69. The third kappa shape index (κ3) is 3.91. The Labute approximate surface area is 99.4 Å². The van der Waals surface area contributed by atoms with E-state index in [0.717, 1.165) is 0 Å². The van der Waals surface area contributed by atoms with Crippen LogP contribution in [0.3, 0.4) is 0 Å². The fraction of sp³-hybridized carbons (Fsp3) is 0.417. The van der Waals surface area contributed by atoms with Gasteiger partial charge in [0.2, 0.25) is 0 Å². The zero-order valence-electron chi connectivity index (χ0n) is 9.13. The Kier molecular flexibility index (Phi) is 5.43. The molecule has 0 saturated carbocycles. The molecular formula is C12H14ClFO2. The van der Waals surface area contributed by atoms with Crippen molar-refractivity contribution >= 4 is 17.4 Å². The molecule has 0 saturated heterocycles. The van der Waals surface area contributed by atoms with E-state index in [4.69, 9.17) is 16.3 Å². The van der Waals surface area contributed by atoms with Crippen LogP contribution in [0.4, 0.5) is 4.39 Å². The molecule has 0 aliphatic carbocycles. The number of ether oxygens (including phenoxy) is 1. The molecule has 4 heteroatoms. The lowest BCUT2D eigenvalue weighted by Crippen LogP contribution is -2.06. The predicted octanol–water partition coefficient (Wildman–Crippen LogP) is 3.02. The summed E-state index contributed by atoms with van der Waals surface area (Å²) in [5.74, 6) is -0.498. The molecule has 2 nitrogen and oxygen atoms in total. The quantitative estimate of drug-likeness (QED) is 0.719. The van der Waals surface area contributed by atoms with E-state index in [-0.39, 0.29) is 17.2 Å². The molecule has 0 amide bonds. The zero-order valence-corrected chi connectivity index (χ0v) is 9.89. The normalized spacial score (nSPS) is 10.4. The van der Waals surface area contributed by atoms with Crippen molar-refractivity contribution < 1.29 is 13.9 Å². The van der Waals surface area contributed by atoms with Crippen LogP contribution in [-0.2, 0) is 16.0 Å². The minimum absolute atomic E-state index is 0.00165. The van der Waals surface area contributed by atoms with E-state index in [1.165, 1.54) is 6.07 Å². The van der Waals surface area contributed by atoms with Crippen molar-refractivity contribution in [3.05, 3.63) is 34.6 Å². The third-order valence-electron chi connectivity index (χ3n) is 2.22. The van der Waals surface area contributed by atoms with Crippen molar-refractivity contribution in [2.24, 2.45) is 0 Å². The first-order chi connectivity index (χ1) is 7.65. The lowest BCUT2D eigenvalue weighted by molar-refractivity contribution is -0.118. The van der Waals surface area contributed by atoms with Crippen LogP contribution in [0, 0.1) is 5.82 Å². The Balaban J connectivity index is 2.53. The summed E-state index contributed by atoms with van der Waals surface area (Å²) in [5.41, 5.74) is 0.356. The molecule has 0 aromatic heterocycles. The van der Waals surface area contributed by atoms with Crippen LogP contribution in [0.15, 0.2) is 18.2 Å². The largest absolute Gasteiger partial charge is 0.385 e. The summed E-state index contributed by atoms with van der Waals surface area (Å²) in [7, 11) is 1.58. The van der Waals surface area contributed by atoms with Gasteiger partial charge < -0.3 is 4.74 Å². The summed E-state index contributed by atoms with van der Waals surface area (Å²) in [5, 5.41) is 0.0576. The number of benzene rings is 1. The molecule has 1 rings (SSSR count). The van der Waals surface area contributed by atoms with Gasteiger partial charge in [-0.1, -0.05) is 23.7 Å². The fourth-order valence-corrected chi connectivity index (χ4v) is 1.59. The minimum Gasteiger partial charge on any atom is -0.385 e. The lowest BCUT2D eigenvalue weighted by atomic mass is 10.1. The van der Waals surface area contributed by atoms with Crippen LogP contribution < -0.4 is 0 Å². The summed E-state index contributed by atoms with van der Waals surface area (Å²) >= 11 is 5.62. The van der Waals surface area contributed by atoms with Crippen molar-refractivity contribution in [2.75, 3.05) is 13.7 Å². The number of carbonyl (C=O) groups is 1. The van der Waals surface area contributed by atoms with E-state index in [1.807, 2.05) is 0 Å². The highest BCUT2D eigenvalue weighted by molar-refractivity contribution is 6.30. The van der Waals surface area contributed by atoms with Crippen LogP contribution in [0.5, 0.6) is 0 Å². The SMILES string of the molecule is COCCCC(=O)Cc1cccc(Cl)c1F. The summed E-state index contributed by atoms with van der Waals surface area (Å²) < 4.78 is 18.3. The molecule has 1 aromatic carbocycles. The van der Waals surface area contributed by atoms with Gasteiger partial charge in [-0.3, -0.25) is 4.79 Å². The summed E-state index contributed by atoms with van der Waals surface area (Å²) in [4.78, 5) is 11.5. The van der Waals surface area contributed by atoms with Crippen molar-refractivity contribution in [3.63, 3.8) is 0 Å². The molecule has 0 unspecified atom stereocenters. The van der Waals surface area contributed by atoms with Gasteiger partial charge in [0.25, 0.3) is 0 Å². The number of methoxy groups -OCH3 is 1. The molecule has 0 atom stereocenters. The van der Waals surface area contributed by atoms with Gasteiger partial charge in [-0.25, -0.2) is 4.39 Å². The van der Waals surface area contributed by atoms with Gasteiger partial charge in [0.1, 0.15) is 11.6 Å². The monoisotopic (exact) mass is 244 g/mol. The predicted molar refractivity (Wildman–Crippen MR) is 61.2 cm³/mol. The molecule has 0 heterocycles. The zero-order chi connectivity index (χ0) is 12.0. The average molecular weight is 245 g/mol. The number of hydrogen-bond donors (Lipinski definition) is 0. The molecule has 0 fully saturated rings. The van der Waals surface area contributed by atoms with Gasteiger partial charge in [-0.15, -0.1) is 0 Å². The molecule has 16 heavy (non-hydrogen) atoms. The first kappa shape index (κ1) is 13.1. The van der Waals surface area contributed by atoms with Crippen LogP contribution in [0.1, 0.15) is 18.4 Å². The Morgan fingerprint density at radius 1 is 1.50 bits per heavy atom. The van der Waals surface area contributed by atoms with Crippen molar-refractivity contribution in [1.29, 1.82) is 0 Å². The van der Waals surface area contributed by atoms with Gasteiger partial charge in [0.05, 0.1) is 5.02 Å². The second kappa shape index (κ2) is 6.61. The molecule has 0 N–H and O–H groups in total. The molecule has 0 aliphatic rings. The molecule has 1 aromatic rings. The second-order valence-electron chi connectivity index (χ2n) is 3.52. The van der Waals surface area contributed by atoms with Gasteiger partial charge >= 0.3 is 0 Å². The van der Waals surface area contributed by atoms with Crippen molar-refractivity contribution in [1.82, 2.24) is 0 Å².